The van der Waals surface area contributed by atoms with Crippen LogP contribution in [0.3, 0.4) is 0 Å². The van der Waals surface area contributed by atoms with Gasteiger partial charge in [0.1, 0.15) is 12.2 Å². The summed E-state index contributed by atoms with van der Waals surface area (Å²) in [6, 6.07) is 11.7. The number of nitrogens with zero attached hydrogens (tertiary/aromatic N) is 1. The van der Waals surface area contributed by atoms with E-state index in [-0.39, 0.29) is 30.6 Å². The lowest BCUT2D eigenvalue weighted by atomic mass is 10.1. The predicted molar refractivity (Wildman–Crippen MR) is 106 cm³/mol. The molecule has 0 radical (unpaired) electrons. The van der Waals surface area contributed by atoms with Gasteiger partial charge >= 0.3 is 0 Å². The van der Waals surface area contributed by atoms with E-state index in [1.54, 1.807) is 12.1 Å². The van der Waals surface area contributed by atoms with Crippen molar-refractivity contribution in [1.29, 1.82) is 0 Å². The van der Waals surface area contributed by atoms with Gasteiger partial charge in [0.25, 0.3) is 0 Å². The quantitative estimate of drug-likeness (QED) is 0.697. The zero-order valence-electron chi connectivity index (χ0n) is 16.0. The van der Waals surface area contributed by atoms with E-state index in [4.69, 9.17) is 0 Å². The highest BCUT2D eigenvalue weighted by Gasteiger charge is 2.12. The van der Waals surface area contributed by atoms with Crippen LogP contribution in [0.5, 0.6) is 0 Å². The number of carbonyl (C=O) groups is 2. The lowest BCUT2D eigenvalue weighted by molar-refractivity contribution is -0.126. The standard InChI is InChI=1S/C21H26FN3O2/c1-4-25(5-2)18-10-11-19(15(3)12-18)24-21(27)13-20(26)23-14-16-6-8-17(22)9-7-16/h6-12H,4-5,13-14H2,1-3H3,(H,23,26)(H,24,27). The van der Waals surface area contributed by atoms with E-state index in [9.17, 15) is 14.0 Å². The second-order valence-electron chi connectivity index (χ2n) is 6.30. The average molecular weight is 371 g/mol. The van der Waals surface area contributed by atoms with Gasteiger partial charge in [-0.3, -0.25) is 9.59 Å². The molecule has 0 bridgehead atoms. The molecular formula is C21H26FN3O2. The molecule has 0 aliphatic rings. The number of rotatable bonds is 8. The van der Waals surface area contributed by atoms with E-state index in [2.05, 4.69) is 29.4 Å². The van der Waals surface area contributed by atoms with Crippen LogP contribution in [0.2, 0.25) is 0 Å². The van der Waals surface area contributed by atoms with Crippen molar-refractivity contribution in [3.63, 3.8) is 0 Å². The fraction of sp³-hybridized carbons (Fsp3) is 0.333. The SMILES string of the molecule is CCN(CC)c1ccc(NC(=O)CC(=O)NCc2ccc(F)cc2)c(C)c1. The Morgan fingerprint density at radius 1 is 1.00 bits per heavy atom. The highest BCUT2D eigenvalue weighted by atomic mass is 19.1. The first-order valence-corrected chi connectivity index (χ1v) is 9.09. The third-order valence-corrected chi connectivity index (χ3v) is 4.34. The fourth-order valence-corrected chi connectivity index (χ4v) is 2.78. The lowest BCUT2D eigenvalue weighted by Crippen LogP contribution is -2.28. The van der Waals surface area contributed by atoms with Crippen molar-refractivity contribution in [2.24, 2.45) is 0 Å². The Labute approximate surface area is 159 Å². The molecule has 2 amide bonds. The van der Waals surface area contributed by atoms with E-state index in [1.807, 2.05) is 25.1 Å². The highest BCUT2D eigenvalue weighted by Crippen LogP contribution is 2.22. The van der Waals surface area contributed by atoms with Crippen LogP contribution in [-0.2, 0) is 16.1 Å². The van der Waals surface area contributed by atoms with Crippen LogP contribution in [-0.4, -0.2) is 24.9 Å². The number of amides is 2. The Morgan fingerprint density at radius 3 is 2.26 bits per heavy atom. The number of benzene rings is 2. The molecule has 2 N–H and O–H groups in total. The molecule has 0 atom stereocenters. The lowest BCUT2D eigenvalue weighted by Gasteiger charge is -2.22. The number of nitrogens with one attached hydrogen (secondary N) is 2. The van der Waals surface area contributed by atoms with E-state index < -0.39 is 0 Å². The van der Waals surface area contributed by atoms with E-state index >= 15 is 0 Å². The summed E-state index contributed by atoms with van der Waals surface area (Å²) in [4.78, 5) is 26.3. The van der Waals surface area contributed by atoms with Gasteiger partial charge < -0.3 is 15.5 Å². The Kier molecular flexibility index (Phi) is 7.34. The molecule has 0 fully saturated rings. The Bertz CT molecular complexity index is 787. The van der Waals surface area contributed by atoms with Crippen molar-refractivity contribution in [3.05, 3.63) is 59.4 Å². The molecular weight excluding hydrogens is 345 g/mol. The van der Waals surface area contributed by atoms with Crippen molar-refractivity contribution < 1.29 is 14.0 Å². The van der Waals surface area contributed by atoms with Crippen LogP contribution in [0.25, 0.3) is 0 Å². The summed E-state index contributed by atoms with van der Waals surface area (Å²) >= 11 is 0. The van der Waals surface area contributed by atoms with E-state index in [0.717, 1.165) is 29.9 Å². The third kappa shape index (κ3) is 6.09. The molecule has 27 heavy (non-hydrogen) atoms. The molecule has 0 spiro atoms. The zero-order valence-corrected chi connectivity index (χ0v) is 16.0. The normalized spacial score (nSPS) is 10.4. The van der Waals surface area contributed by atoms with Gasteiger partial charge in [0, 0.05) is 31.0 Å². The highest BCUT2D eigenvalue weighted by molar-refractivity contribution is 6.03. The maximum absolute atomic E-state index is 12.9. The summed E-state index contributed by atoms with van der Waals surface area (Å²) in [7, 11) is 0. The largest absolute Gasteiger partial charge is 0.372 e. The summed E-state index contributed by atoms with van der Waals surface area (Å²) < 4.78 is 12.9. The van der Waals surface area contributed by atoms with Crippen LogP contribution in [0, 0.1) is 12.7 Å². The first kappa shape index (κ1) is 20.4. The maximum Gasteiger partial charge on any atom is 0.233 e. The number of hydrogen-bond donors (Lipinski definition) is 2. The van der Waals surface area contributed by atoms with Crippen LogP contribution < -0.4 is 15.5 Å². The molecule has 6 heteroatoms. The second-order valence-corrected chi connectivity index (χ2v) is 6.30. The Hall–Kier alpha value is -2.89. The predicted octanol–water partition coefficient (Wildman–Crippen LogP) is 3.63. The van der Waals surface area contributed by atoms with Gasteiger partial charge in [-0.25, -0.2) is 4.39 Å². The molecule has 0 saturated carbocycles. The number of halogens is 1. The van der Waals surface area contributed by atoms with Crippen LogP contribution >= 0.6 is 0 Å². The summed E-state index contributed by atoms with van der Waals surface area (Å²) in [6.45, 7) is 8.20. The van der Waals surface area contributed by atoms with Gasteiger partial charge in [-0.15, -0.1) is 0 Å². The summed E-state index contributed by atoms with van der Waals surface area (Å²) in [5.41, 5.74) is 3.52. The maximum atomic E-state index is 12.9. The summed E-state index contributed by atoms with van der Waals surface area (Å²) in [5.74, 6) is -1.08. The minimum Gasteiger partial charge on any atom is -0.372 e. The molecule has 5 nitrogen and oxygen atoms in total. The molecule has 2 aromatic carbocycles. The zero-order chi connectivity index (χ0) is 19.8. The van der Waals surface area contributed by atoms with Crippen LogP contribution in [0.15, 0.2) is 42.5 Å². The molecule has 0 aromatic heterocycles. The van der Waals surface area contributed by atoms with Crippen molar-refractivity contribution in [3.8, 4) is 0 Å². The monoisotopic (exact) mass is 371 g/mol. The molecule has 2 rings (SSSR count). The number of hydrogen-bond acceptors (Lipinski definition) is 3. The van der Waals surface area contributed by atoms with Gasteiger partial charge in [-0.2, -0.15) is 0 Å². The minimum atomic E-state index is -0.380. The Balaban J connectivity index is 1.87. The number of anilines is 2. The Morgan fingerprint density at radius 2 is 1.67 bits per heavy atom. The van der Waals surface area contributed by atoms with Gasteiger partial charge in [0.05, 0.1) is 0 Å². The molecule has 2 aromatic rings. The van der Waals surface area contributed by atoms with E-state index in [0.29, 0.717) is 5.69 Å². The first-order chi connectivity index (χ1) is 12.9. The molecule has 0 saturated heterocycles. The van der Waals surface area contributed by atoms with Crippen LogP contribution in [0.4, 0.5) is 15.8 Å². The van der Waals surface area contributed by atoms with Gasteiger partial charge in [0.15, 0.2) is 0 Å². The average Bonchev–Trinajstić information content (AvgIpc) is 2.64. The smallest absolute Gasteiger partial charge is 0.233 e. The number of aryl methyl sites for hydroxylation is 1. The molecule has 0 unspecified atom stereocenters. The third-order valence-electron chi connectivity index (χ3n) is 4.34. The second kappa shape index (κ2) is 9.71. The van der Waals surface area contributed by atoms with Crippen molar-refractivity contribution in [1.82, 2.24) is 5.32 Å². The van der Waals surface area contributed by atoms with Gasteiger partial charge in [-0.05, 0) is 62.2 Å². The molecule has 0 aliphatic carbocycles. The molecule has 0 aliphatic heterocycles. The summed E-state index contributed by atoms with van der Waals surface area (Å²) in [5, 5.41) is 5.44. The first-order valence-electron chi connectivity index (χ1n) is 9.09. The van der Waals surface area contributed by atoms with Crippen molar-refractivity contribution in [2.45, 2.75) is 33.7 Å². The summed E-state index contributed by atoms with van der Waals surface area (Å²) in [6.07, 6.45) is -0.265. The topological polar surface area (TPSA) is 61.4 Å². The van der Waals surface area contributed by atoms with Gasteiger partial charge in [-0.1, -0.05) is 12.1 Å². The fourth-order valence-electron chi connectivity index (χ4n) is 2.78. The van der Waals surface area contributed by atoms with Crippen molar-refractivity contribution in [2.75, 3.05) is 23.3 Å². The van der Waals surface area contributed by atoms with Gasteiger partial charge in [0.2, 0.25) is 11.8 Å². The van der Waals surface area contributed by atoms with Crippen LogP contribution in [0.1, 0.15) is 31.4 Å². The number of carbonyl (C=O) groups excluding carboxylic acids is 2. The van der Waals surface area contributed by atoms with Crippen molar-refractivity contribution >= 4 is 23.2 Å². The molecule has 144 valence electrons. The minimum absolute atomic E-state index is 0.254. The van der Waals surface area contributed by atoms with E-state index in [1.165, 1.54) is 12.1 Å². The molecule has 0 heterocycles.